The SMILES string of the molecule is NCc1ccc(COCC(F)(F)C(F)(F)F)o1. The van der Waals surface area contributed by atoms with Crippen molar-refractivity contribution in [2.75, 3.05) is 6.61 Å². The highest BCUT2D eigenvalue weighted by atomic mass is 19.4. The average Bonchev–Trinajstić information content (AvgIpc) is 2.63. The molecule has 0 unspecified atom stereocenters. The van der Waals surface area contributed by atoms with Gasteiger partial charge in [0.2, 0.25) is 0 Å². The number of halogens is 5. The molecule has 0 bridgehead atoms. The summed E-state index contributed by atoms with van der Waals surface area (Å²) in [7, 11) is 0. The minimum absolute atomic E-state index is 0.110. The van der Waals surface area contributed by atoms with Crippen molar-refractivity contribution in [2.45, 2.75) is 25.3 Å². The predicted octanol–water partition coefficient (Wildman–Crippen LogP) is 2.45. The zero-order valence-corrected chi connectivity index (χ0v) is 8.56. The Labute approximate surface area is 93.3 Å². The molecule has 3 nitrogen and oxygen atoms in total. The molecule has 17 heavy (non-hydrogen) atoms. The molecule has 8 heteroatoms. The van der Waals surface area contributed by atoms with Crippen molar-refractivity contribution in [1.29, 1.82) is 0 Å². The fraction of sp³-hybridized carbons (Fsp3) is 0.556. The van der Waals surface area contributed by atoms with Crippen LogP contribution in [0.1, 0.15) is 11.5 Å². The molecule has 98 valence electrons. The van der Waals surface area contributed by atoms with Crippen molar-refractivity contribution in [3.8, 4) is 0 Å². The van der Waals surface area contributed by atoms with Crippen LogP contribution in [0.25, 0.3) is 0 Å². The molecule has 2 N–H and O–H groups in total. The van der Waals surface area contributed by atoms with Gasteiger partial charge in [0, 0.05) is 0 Å². The number of alkyl halides is 5. The van der Waals surface area contributed by atoms with Crippen LogP contribution in [-0.4, -0.2) is 18.7 Å². The lowest BCUT2D eigenvalue weighted by Crippen LogP contribution is -2.40. The molecule has 0 aromatic carbocycles. The summed E-state index contributed by atoms with van der Waals surface area (Å²) in [6.07, 6.45) is -5.61. The molecule has 0 aliphatic carbocycles. The van der Waals surface area contributed by atoms with Gasteiger partial charge in [-0.1, -0.05) is 0 Å². The number of rotatable bonds is 5. The maximum absolute atomic E-state index is 12.4. The third-order valence-electron chi connectivity index (χ3n) is 1.86. The molecule has 0 atom stereocenters. The standard InChI is InChI=1S/C9H10F5NO2/c10-8(11,9(12,13)14)5-16-4-7-2-1-6(3-15)17-7/h1-2H,3-5,15H2. The summed E-state index contributed by atoms with van der Waals surface area (Å²) in [4.78, 5) is 0. The van der Waals surface area contributed by atoms with Gasteiger partial charge in [0.15, 0.2) is 0 Å². The zero-order valence-electron chi connectivity index (χ0n) is 8.56. The highest BCUT2D eigenvalue weighted by Crippen LogP contribution is 2.35. The second-order valence-corrected chi connectivity index (χ2v) is 3.27. The van der Waals surface area contributed by atoms with Gasteiger partial charge in [0.05, 0.1) is 6.54 Å². The van der Waals surface area contributed by atoms with E-state index in [1.807, 2.05) is 0 Å². The van der Waals surface area contributed by atoms with Crippen LogP contribution >= 0.6 is 0 Å². The van der Waals surface area contributed by atoms with Gasteiger partial charge >= 0.3 is 12.1 Å². The summed E-state index contributed by atoms with van der Waals surface area (Å²) in [6.45, 7) is -2.10. The first-order valence-corrected chi connectivity index (χ1v) is 4.56. The van der Waals surface area contributed by atoms with Crippen LogP contribution in [0.3, 0.4) is 0 Å². The molecule has 0 aliphatic rings. The van der Waals surface area contributed by atoms with E-state index in [1.54, 1.807) is 0 Å². The highest BCUT2D eigenvalue weighted by molar-refractivity contribution is 5.05. The van der Waals surface area contributed by atoms with Crippen molar-refractivity contribution in [3.05, 3.63) is 23.7 Å². The molecule has 0 radical (unpaired) electrons. The molecular formula is C9H10F5NO2. The molecule has 0 saturated heterocycles. The van der Waals surface area contributed by atoms with Crippen LogP contribution in [0.4, 0.5) is 22.0 Å². The first kappa shape index (κ1) is 13.9. The number of hydrogen-bond donors (Lipinski definition) is 1. The molecule has 0 fully saturated rings. The Hall–Kier alpha value is -1.15. The maximum Gasteiger partial charge on any atom is 0.455 e. The van der Waals surface area contributed by atoms with E-state index in [-0.39, 0.29) is 12.3 Å². The Balaban J connectivity index is 2.42. The quantitative estimate of drug-likeness (QED) is 0.826. The smallest absolute Gasteiger partial charge is 0.455 e. The van der Waals surface area contributed by atoms with Crippen LogP contribution in [-0.2, 0) is 17.9 Å². The van der Waals surface area contributed by atoms with E-state index in [2.05, 4.69) is 4.74 Å². The summed E-state index contributed by atoms with van der Waals surface area (Å²) >= 11 is 0. The fourth-order valence-corrected chi connectivity index (χ4v) is 0.971. The minimum Gasteiger partial charge on any atom is -0.462 e. The molecule has 1 rings (SSSR count). The molecule has 0 spiro atoms. The number of furan rings is 1. The number of nitrogens with two attached hydrogens (primary N) is 1. The summed E-state index contributed by atoms with van der Waals surface area (Å²) in [6, 6.07) is 2.88. The monoisotopic (exact) mass is 259 g/mol. The van der Waals surface area contributed by atoms with Crippen molar-refractivity contribution in [2.24, 2.45) is 5.73 Å². The normalized spacial score (nSPS) is 13.1. The second kappa shape index (κ2) is 5.01. The van der Waals surface area contributed by atoms with E-state index in [4.69, 9.17) is 10.2 Å². The van der Waals surface area contributed by atoms with E-state index in [9.17, 15) is 22.0 Å². The Bertz CT molecular complexity index is 361. The van der Waals surface area contributed by atoms with Gasteiger partial charge in [-0.05, 0) is 12.1 Å². The van der Waals surface area contributed by atoms with Crippen molar-refractivity contribution < 1.29 is 31.1 Å². The highest BCUT2D eigenvalue weighted by Gasteiger charge is 2.57. The zero-order chi connectivity index (χ0) is 13.1. The molecule has 0 amide bonds. The summed E-state index contributed by atoms with van der Waals surface area (Å²) in [5.41, 5.74) is 5.21. The minimum atomic E-state index is -5.61. The van der Waals surface area contributed by atoms with Gasteiger partial charge in [-0.2, -0.15) is 22.0 Å². The van der Waals surface area contributed by atoms with Gasteiger partial charge in [0.25, 0.3) is 0 Å². The number of ether oxygens (including phenoxy) is 1. The van der Waals surface area contributed by atoms with E-state index in [1.165, 1.54) is 12.1 Å². The topological polar surface area (TPSA) is 48.4 Å². The van der Waals surface area contributed by atoms with Gasteiger partial charge in [-0.25, -0.2) is 0 Å². The van der Waals surface area contributed by atoms with E-state index in [0.29, 0.717) is 5.76 Å². The fourth-order valence-electron chi connectivity index (χ4n) is 0.971. The largest absolute Gasteiger partial charge is 0.462 e. The van der Waals surface area contributed by atoms with Crippen molar-refractivity contribution >= 4 is 0 Å². The summed E-state index contributed by atoms with van der Waals surface area (Å²) < 4.78 is 69.3. The predicted molar refractivity (Wildman–Crippen MR) is 47.3 cm³/mol. The second-order valence-electron chi connectivity index (χ2n) is 3.27. The van der Waals surface area contributed by atoms with Crippen molar-refractivity contribution in [1.82, 2.24) is 0 Å². The molecule has 0 saturated carbocycles. The lowest BCUT2D eigenvalue weighted by molar-refractivity contribution is -0.297. The van der Waals surface area contributed by atoms with Gasteiger partial charge in [0.1, 0.15) is 24.7 Å². The molecule has 1 aromatic heterocycles. The van der Waals surface area contributed by atoms with Gasteiger partial charge in [-0.3, -0.25) is 0 Å². The van der Waals surface area contributed by atoms with Crippen LogP contribution in [0, 0.1) is 0 Å². The Kier molecular flexibility index (Phi) is 4.10. The lowest BCUT2D eigenvalue weighted by atomic mass is 10.3. The summed E-state index contributed by atoms with van der Waals surface area (Å²) in [5.74, 6) is -4.33. The average molecular weight is 259 g/mol. The Morgan fingerprint density at radius 1 is 1.12 bits per heavy atom. The van der Waals surface area contributed by atoms with E-state index >= 15 is 0 Å². The maximum atomic E-state index is 12.4. The first-order chi connectivity index (χ1) is 7.76. The Morgan fingerprint density at radius 2 is 1.71 bits per heavy atom. The molecular weight excluding hydrogens is 249 g/mol. The van der Waals surface area contributed by atoms with Crippen molar-refractivity contribution in [3.63, 3.8) is 0 Å². The van der Waals surface area contributed by atoms with E-state index in [0.717, 1.165) is 0 Å². The third-order valence-corrected chi connectivity index (χ3v) is 1.86. The molecule has 1 heterocycles. The molecule has 0 aliphatic heterocycles. The van der Waals surface area contributed by atoms with Crippen LogP contribution in [0.2, 0.25) is 0 Å². The van der Waals surface area contributed by atoms with E-state index < -0.39 is 25.3 Å². The first-order valence-electron chi connectivity index (χ1n) is 4.56. The Morgan fingerprint density at radius 3 is 2.18 bits per heavy atom. The lowest BCUT2D eigenvalue weighted by Gasteiger charge is -2.18. The van der Waals surface area contributed by atoms with Gasteiger partial charge in [-0.15, -0.1) is 0 Å². The molecule has 1 aromatic rings. The van der Waals surface area contributed by atoms with Crippen LogP contribution < -0.4 is 5.73 Å². The van der Waals surface area contributed by atoms with Crippen LogP contribution in [0.5, 0.6) is 0 Å². The van der Waals surface area contributed by atoms with Crippen LogP contribution in [0.15, 0.2) is 16.5 Å². The number of hydrogen-bond acceptors (Lipinski definition) is 3. The van der Waals surface area contributed by atoms with Gasteiger partial charge < -0.3 is 14.9 Å². The third kappa shape index (κ3) is 3.67. The summed E-state index contributed by atoms with van der Waals surface area (Å²) in [5, 5.41) is 0.